The number of likely N-dealkylation sites (N-methyl/N-ethyl adjacent to an activating group) is 1. The smallest absolute Gasteiger partial charge is 0.238 e. The van der Waals surface area contributed by atoms with Crippen LogP contribution in [0.15, 0.2) is 18.2 Å². The fourth-order valence-corrected chi connectivity index (χ4v) is 1.62. The summed E-state index contributed by atoms with van der Waals surface area (Å²) in [6.07, 6.45) is 0. The fraction of sp³-hybridized carbons (Fsp3) is 0.364. The van der Waals surface area contributed by atoms with Gasteiger partial charge in [0.2, 0.25) is 5.91 Å². The van der Waals surface area contributed by atoms with Crippen LogP contribution in [0.1, 0.15) is 11.1 Å². The Morgan fingerprint density at radius 1 is 1.40 bits per heavy atom. The molecule has 1 heterocycles. The van der Waals surface area contributed by atoms with E-state index in [2.05, 4.69) is 10.6 Å². The van der Waals surface area contributed by atoms with Gasteiger partial charge in [-0.15, -0.1) is 0 Å². The Balaban J connectivity index is 2.06. The van der Waals surface area contributed by atoms with Gasteiger partial charge in [0.25, 0.3) is 0 Å². The van der Waals surface area contributed by atoms with E-state index in [4.69, 9.17) is 4.74 Å². The number of hydrogen-bond acceptors (Lipinski definition) is 3. The minimum atomic E-state index is -0.0311. The van der Waals surface area contributed by atoms with Gasteiger partial charge in [0.1, 0.15) is 0 Å². The fourth-order valence-electron chi connectivity index (χ4n) is 1.62. The molecule has 0 bridgehead atoms. The standard InChI is InChI=1S/C11H14N2O2/c1-12-5-11(14)13-10-3-2-8-6-15-7-9(8)4-10/h2-4,12H,5-7H2,1H3,(H,13,14). The Bertz CT molecular complexity index is 377. The van der Waals surface area contributed by atoms with E-state index in [0.29, 0.717) is 19.8 Å². The quantitative estimate of drug-likeness (QED) is 0.771. The molecule has 2 rings (SSSR count). The Morgan fingerprint density at radius 2 is 2.20 bits per heavy atom. The minimum Gasteiger partial charge on any atom is -0.372 e. The van der Waals surface area contributed by atoms with Crippen molar-refractivity contribution in [3.8, 4) is 0 Å². The molecular formula is C11H14N2O2. The summed E-state index contributed by atoms with van der Waals surface area (Å²) in [4.78, 5) is 11.3. The number of ether oxygens (including phenoxy) is 1. The average molecular weight is 206 g/mol. The molecule has 0 spiro atoms. The molecule has 1 amide bonds. The van der Waals surface area contributed by atoms with Crippen molar-refractivity contribution in [2.24, 2.45) is 0 Å². The molecule has 2 N–H and O–H groups in total. The molecule has 0 fully saturated rings. The molecule has 15 heavy (non-hydrogen) atoms. The zero-order valence-corrected chi connectivity index (χ0v) is 8.67. The lowest BCUT2D eigenvalue weighted by Gasteiger charge is -2.06. The van der Waals surface area contributed by atoms with Crippen molar-refractivity contribution in [2.45, 2.75) is 13.2 Å². The SMILES string of the molecule is CNCC(=O)Nc1ccc2c(c1)COC2. The number of benzene rings is 1. The lowest BCUT2D eigenvalue weighted by Crippen LogP contribution is -2.25. The zero-order valence-electron chi connectivity index (χ0n) is 8.67. The summed E-state index contributed by atoms with van der Waals surface area (Å²) in [6.45, 7) is 1.65. The van der Waals surface area contributed by atoms with Crippen LogP contribution in [0.3, 0.4) is 0 Å². The van der Waals surface area contributed by atoms with Gasteiger partial charge < -0.3 is 15.4 Å². The van der Waals surface area contributed by atoms with Crippen LogP contribution in [-0.2, 0) is 22.7 Å². The van der Waals surface area contributed by atoms with Crippen LogP contribution in [0.2, 0.25) is 0 Å². The van der Waals surface area contributed by atoms with E-state index in [9.17, 15) is 4.79 Å². The van der Waals surface area contributed by atoms with Gasteiger partial charge in [-0.3, -0.25) is 4.79 Å². The van der Waals surface area contributed by atoms with Crippen molar-refractivity contribution < 1.29 is 9.53 Å². The Kier molecular flexibility index (Phi) is 2.99. The van der Waals surface area contributed by atoms with Gasteiger partial charge in [-0.05, 0) is 30.3 Å². The van der Waals surface area contributed by atoms with Crippen LogP contribution in [0.25, 0.3) is 0 Å². The number of fused-ring (bicyclic) bond motifs is 1. The maximum atomic E-state index is 11.3. The average Bonchev–Trinajstić information content (AvgIpc) is 2.65. The zero-order chi connectivity index (χ0) is 10.7. The van der Waals surface area contributed by atoms with Gasteiger partial charge in [-0.2, -0.15) is 0 Å². The topological polar surface area (TPSA) is 50.4 Å². The third-order valence-electron chi connectivity index (χ3n) is 2.34. The van der Waals surface area contributed by atoms with Crippen LogP contribution in [-0.4, -0.2) is 19.5 Å². The van der Waals surface area contributed by atoms with Crippen LogP contribution >= 0.6 is 0 Å². The van der Waals surface area contributed by atoms with Crippen molar-refractivity contribution in [2.75, 3.05) is 18.9 Å². The second kappa shape index (κ2) is 4.42. The largest absolute Gasteiger partial charge is 0.372 e. The normalized spacial score (nSPS) is 13.7. The predicted molar refractivity (Wildman–Crippen MR) is 57.5 cm³/mol. The van der Waals surface area contributed by atoms with Gasteiger partial charge in [0.15, 0.2) is 0 Å². The summed E-state index contributed by atoms with van der Waals surface area (Å²) in [6, 6.07) is 5.87. The number of carbonyl (C=O) groups excluding carboxylic acids is 1. The Hall–Kier alpha value is -1.39. The predicted octanol–water partition coefficient (Wildman–Crippen LogP) is 0.875. The van der Waals surface area contributed by atoms with E-state index in [1.807, 2.05) is 18.2 Å². The molecule has 1 aliphatic rings. The molecule has 0 atom stereocenters. The summed E-state index contributed by atoms with van der Waals surface area (Å²) >= 11 is 0. The van der Waals surface area contributed by atoms with Crippen LogP contribution < -0.4 is 10.6 Å². The highest BCUT2D eigenvalue weighted by atomic mass is 16.5. The van der Waals surface area contributed by atoms with E-state index in [0.717, 1.165) is 11.3 Å². The van der Waals surface area contributed by atoms with Crippen LogP contribution in [0.5, 0.6) is 0 Å². The molecule has 0 unspecified atom stereocenters. The first-order valence-electron chi connectivity index (χ1n) is 4.93. The Morgan fingerprint density at radius 3 is 3.00 bits per heavy atom. The third-order valence-corrected chi connectivity index (χ3v) is 2.34. The molecule has 4 nitrogen and oxygen atoms in total. The molecule has 0 saturated carbocycles. The number of anilines is 1. The number of amides is 1. The number of hydrogen-bond donors (Lipinski definition) is 2. The summed E-state index contributed by atoms with van der Waals surface area (Å²) in [7, 11) is 1.75. The van der Waals surface area contributed by atoms with Gasteiger partial charge in [-0.1, -0.05) is 6.07 Å². The highest BCUT2D eigenvalue weighted by Crippen LogP contribution is 2.22. The molecule has 0 radical (unpaired) electrons. The molecule has 0 aromatic heterocycles. The Labute approximate surface area is 88.6 Å². The van der Waals surface area contributed by atoms with E-state index >= 15 is 0 Å². The molecule has 1 aliphatic heterocycles. The lowest BCUT2D eigenvalue weighted by molar-refractivity contribution is -0.115. The van der Waals surface area contributed by atoms with Gasteiger partial charge in [-0.25, -0.2) is 0 Å². The molecule has 0 saturated heterocycles. The molecule has 0 aliphatic carbocycles. The number of carbonyl (C=O) groups is 1. The molecular weight excluding hydrogens is 192 g/mol. The van der Waals surface area contributed by atoms with Crippen molar-refractivity contribution in [3.05, 3.63) is 29.3 Å². The maximum Gasteiger partial charge on any atom is 0.238 e. The van der Waals surface area contributed by atoms with E-state index < -0.39 is 0 Å². The first kappa shape index (κ1) is 10.1. The summed E-state index contributed by atoms with van der Waals surface area (Å²) in [5.41, 5.74) is 3.21. The number of rotatable bonds is 3. The van der Waals surface area contributed by atoms with Crippen molar-refractivity contribution in [1.29, 1.82) is 0 Å². The molecule has 4 heteroatoms. The third kappa shape index (κ3) is 2.34. The second-order valence-electron chi connectivity index (χ2n) is 3.55. The first-order valence-corrected chi connectivity index (χ1v) is 4.93. The second-order valence-corrected chi connectivity index (χ2v) is 3.55. The van der Waals surface area contributed by atoms with Crippen molar-refractivity contribution >= 4 is 11.6 Å². The molecule has 80 valence electrons. The van der Waals surface area contributed by atoms with Crippen LogP contribution in [0.4, 0.5) is 5.69 Å². The first-order chi connectivity index (χ1) is 7.29. The van der Waals surface area contributed by atoms with E-state index in [1.54, 1.807) is 7.05 Å². The maximum absolute atomic E-state index is 11.3. The van der Waals surface area contributed by atoms with Gasteiger partial charge in [0.05, 0.1) is 19.8 Å². The van der Waals surface area contributed by atoms with E-state index in [1.165, 1.54) is 5.56 Å². The molecule has 1 aromatic carbocycles. The highest BCUT2D eigenvalue weighted by molar-refractivity contribution is 5.92. The van der Waals surface area contributed by atoms with Gasteiger partial charge in [0, 0.05) is 5.69 Å². The monoisotopic (exact) mass is 206 g/mol. The summed E-state index contributed by atoms with van der Waals surface area (Å²) in [5, 5.41) is 5.62. The summed E-state index contributed by atoms with van der Waals surface area (Å²) in [5.74, 6) is -0.0311. The summed E-state index contributed by atoms with van der Waals surface area (Å²) < 4.78 is 5.30. The van der Waals surface area contributed by atoms with Crippen LogP contribution in [0, 0.1) is 0 Å². The minimum absolute atomic E-state index is 0.0311. The van der Waals surface area contributed by atoms with E-state index in [-0.39, 0.29) is 5.91 Å². The van der Waals surface area contributed by atoms with Gasteiger partial charge >= 0.3 is 0 Å². The lowest BCUT2D eigenvalue weighted by atomic mass is 10.1. The van der Waals surface area contributed by atoms with Crippen molar-refractivity contribution in [3.63, 3.8) is 0 Å². The van der Waals surface area contributed by atoms with Crippen molar-refractivity contribution in [1.82, 2.24) is 5.32 Å². The highest BCUT2D eigenvalue weighted by Gasteiger charge is 2.11. The molecule has 1 aromatic rings. The number of nitrogens with one attached hydrogen (secondary N) is 2.